The van der Waals surface area contributed by atoms with E-state index in [1.54, 1.807) is 13.0 Å². The van der Waals surface area contributed by atoms with Crippen LogP contribution in [0.1, 0.15) is 18.7 Å². The van der Waals surface area contributed by atoms with Crippen LogP contribution in [-0.4, -0.2) is 47.2 Å². The lowest BCUT2D eigenvalue weighted by Gasteiger charge is -2.32. The number of aromatic nitrogens is 2. The van der Waals surface area contributed by atoms with Crippen LogP contribution in [0.25, 0.3) is 0 Å². The highest BCUT2D eigenvalue weighted by Crippen LogP contribution is 2.23. The Balaban J connectivity index is 1.76. The smallest absolute Gasteiger partial charge is 0.370 e. The summed E-state index contributed by atoms with van der Waals surface area (Å²) in [5, 5.41) is 3.56. The normalized spacial score (nSPS) is 18.0. The van der Waals surface area contributed by atoms with Gasteiger partial charge in [0, 0.05) is 12.6 Å². The van der Waals surface area contributed by atoms with Gasteiger partial charge in [0.15, 0.2) is 0 Å². The monoisotopic (exact) mass is 322 g/mol. The van der Waals surface area contributed by atoms with E-state index in [2.05, 4.69) is 15.3 Å². The van der Waals surface area contributed by atoms with E-state index in [4.69, 9.17) is 11.6 Å². The standard InChI is InChI=1S/C13H18ClF3N4/c1-9-19-11(14)6-12(20-9)18-7-10-2-4-21(5-3-10)8-13(15,16)17/h6,10H,2-5,7-8H2,1H3,(H,18,19,20). The van der Waals surface area contributed by atoms with E-state index in [0.29, 0.717) is 42.3 Å². The number of rotatable bonds is 4. The lowest BCUT2D eigenvalue weighted by molar-refractivity contribution is -0.148. The van der Waals surface area contributed by atoms with E-state index in [-0.39, 0.29) is 0 Å². The van der Waals surface area contributed by atoms with E-state index < -0.39 is 12.7 Å². The number of piperidine rings is 1. The summed E-state index contributed by atoms with van der Waals surface area (Å²) in [6, 6.07) is 1.65. The van der Waals surface area contributed by atoms with Crippen molar-refractivity contribution in [3.8, 4) is 0 Å². The Morgan fingerprint density at radius 3 is 2.57 bits per heavy atom. The Morgan fingerprint density at radius 2 is 2.00 bits per heavy atom. The molecule has 2 rings (SSSR count). The lowest BCUT2D eigenvalue weighted by atomic mass is 9.97. The summed E-state index contributed by atoms with van der Waals surface area (Å²) in [7, 11) is 0. The molecule has 0 saturated carbocycles. The molecular formula is C13H18ClF3N4. The van der Waals surface area contributed by atoms with Crippen molar-refractivity contribution in [1.82, 2.24) is 14.9 Å². The molecule has 0 atom stereocenters. The Hall–Kier alpha value is -1.08. The fourth-order valence-corrected chi connectivity index (χ4v) is 2.70. The van der Waals surface area contributed by atoms with Gasteiger partial charge in [-0.1, -0.05) is 11.6 Å². The molecule has 1 aliphatic heterocycles. The van der Waals surface area contributed by atoms with E-state index in [1.165, 1.54) is 4.90 Å². The maximum absolute atomic E-state index is 12.3. The first-order valence-corrected chi connectivity index (χ1v) is 7.24. The topological polar surface area (TPSA) is 41.1 Å². The van der Waals surface area contributed by atoms with E-state index >= 15 is 0 Å². The average Bonchev–Trinajstić information content (AvgIpc) is 2.35. The van der Waals surface area contributed by atoms with Crippen molar-refractivity contribution >= 4 is 17.4 Å². The highest BCUT2D eigenvalue weighted by Gasteiger charge is 2.32. The van der Waals surface area contributed by atoms with Crippen LogP contribution in [0.15, 0.2) is 6.07 Å². The number of hydrogen-bond acceptors (Lipinski definition) is 4. The molecule has 0 aliphatic carbocycles. The Morgan fingerprint density at radius 1 is 1.33 bits per heavy atom. The number of anilines is 1. The number of aryl methyl sites for hydroxylation is 1. The number of likely N-dealkylation sites (tertiary alicyclic amines) is 1. The van der Waals surface area contributed by atoms with Gasteiger partial charge in [0.05, 0.1) is 6.54 Å². The summed E-state index contributed by atoms with van der Waals surface area (Å²) < 4.78 is 36.9. The molecule has 0 unspecified atom stereocenters. The second kappa shape index (κ2) is 6.79. The second-order valence-electron chi connectivity index (χ2n) is 5.34. The number of nitrogens with zero attached hydrogens (tertiary/aromatic N) is 3. The van der Waals surface area contributed by atoms with Crippen molar-refractivity contribution in [2.24, 2.45) is 5.92 Å². The van der Waals surface area contributed by atoms with Crippen LogP contribution in [-0.2, 0) is 0 Å². The van der Waals surface area contributed by atoms with Crippen LogP contribution in [0.5, 0.6) is 0 Å². The minimum Gasteiger partial charge on any atom is -0.370 e. The summed E-state index contributed by atoms with van der Waals surface area (Å²) >= 11 is 5.85. The maximum Gasteiger partial charge on any atom is 0.401 e. The van der Waals surface area contributed by atoms with Crippen molar-refractivity contribution in [3.05, 3.63) is 17.0 Å². The van der Waals surface area contributed by atoms with Crippen LogP contribution in [0.2, 0.25) is 5.15 Å². The molecule has 0 spiro atoms. The maximum atomic E-state index is 12.3. The van der Waals surface area contributed by atoms with Gasteiger partial charge >= 0.3 is 6.18 Å². The van der Waals surface area contributed by atoms with Gasteiger partial charge in [0.25, 0.3) is 0 Å². The van der Waals surface area contributed by atoms with E-state index in [0.717, 1.165) is 12.8 Å². The van der Waals surface area contributed by atoms with Crippen molar-refractivity contribution in [1.29, 1.82) is 0 Å². The molecule has 0 aromatic carbocycles. The summed E-state index contributed by atoms with van der Waals surface area (Å²) in [6.45, 7) is 2.60. The number of halogens is 4. The molecule has 0 amide bonds. The Bertz CT molecular complexity index is 453. The molecule has 1 saturated heterocycles. The molecule has 1 aliphatic rings. The van der Waals surface area contributed by atoms with Gasteiger partial charge in [0.2, 0.25) is 0 Å². The molecule has 0 bridgehead atoms. The average molecular weight is 323 g/mol. The molecule has 1 fully saturated rings. The van der Waals surface area contributed by atoms with Crippen molar-refractivity contribution < 1.29 is 13.2 Å². The van der Waals surface area contributed by atoms with Gasteiger partial charge in [-0.2, -0.15) is 13.2 Å². The lowest BCUT2D eigenvalue weighted by Crippen LogP contribution is -2.41. The molecule has 2 heterocycles. The first-order chi connectivity index (χ1) is 9.82. The minimum atomic E-state index is -4.11. The Kier molecular flexibility index (Phi) is 5.27. The molecule has 1 N–H and O–H groups in total. The molecule has 118 valence electrons. The number of alkyl halides is 3. The zero-order valence-corrected chi connectivity index (χ0v) is 12.5. The predicted molar refractivity (Wildman–Crippen MR) is 75.5 cm³/mol. The molecular weight excluding hydrogens is 305 g/mol. The second-order valence-corrected chi connectivity index (χ2v) is 5.73. The Labute approximate surface area is 126 Å². The first kappa shape index (κ1) is 16.3. The minimum absolute atomic E-state index is 0.350. The number of nitrogens with one attached hydrogen (secondary N) is 1. The molecule has 1 aromatic rings. The van der Waals surface area contributed by atoms with Crippen LogP contribution in [0.3, 0.4) is 0 Å². The molecule has 8 heteroatoms. The van der Waals surface area contributed by atoms with Gasteiger partial charge in [-0.3, -0.25) is 4.90 Å². The first-order valence-electron chi connectivity index (χ1n) is 6.86. The van der Waals surface area contributed by atoms with Crippen LogP contribution < -0.4 is 5.32 Å². The number of hydrogen-bond donors (Lipinski definition) is 1. The van der Waals surface area contributed by atoms with E-state index in [9.17, 15) is 13.2 Å². The van der Waals surface area contributed by atoms with Crippen molar-refractivity contribution in [3.63, 3.8) is 0 Å². The molecule has 0 radical (unpaired) electrons. The quantitative estimate of drug-likeness (QED) is 0.865. The van der Waals surface area contributed by atoms with Crippen LogP contribution in [0, 0.1) is 12.8 Å². The fraction of sp³-hybridized carbons (Fsp3) is 0.692. The third kappa shape index (κ3) is 5.67. The van der Waals surface area contributed by atoms with E-state index in [1.807, 2.05) is 0 Å². The zero-order chi connectivity index (χ0) is 15.5. The SMILES string of the molecule is Cc1nc(Cl)cc(NCC2CCN(CC(F)(F)F)CC2)n1. The zero-order valence-electron chi connectivity index (χ0n) is 11.8. The van der Waals surface area contributed by atoms with Gasteiger partial charge < -0.3 is 5.32 Å². The summed E-state index contributed by atoms with van der Waals surface area (Å²) in [5.74, 6) is 1.60. The van der Waals surface area contributed by atoms with Crippen molar-refractivity contribution in [2.75, 3.05) is 31.5 Å². The molecule has 1 aromatic heterocycles. The fourth-order valence-electron chi connectivity index (χ4n) is 2.47. The van der Waals surface area contributed by atoms with Gasteiger partial charge in [0.1, 0.15) is 16.8 Å². The summed E-state index contributed by atoms with van der Waals surface area (Å²) in [4.78, 5) is 9.65. The highest BCUT2D eigenvalue weighted by atomic mass is 35.5. The largest absolute Gasteiger partial charge is 0.401 e. The predicted octanol–water partition coefficient (Wildman–Crippen LogP) is 3.12. The highest BCUT2D eigenvalue weighted by molar-refractivity contribution is 6.29. The summed E-state index contributed by atoms with van der Waals surface area (Å²) in [5.41, 5.74) is 0. The molecule has 21 heavy (non-hydrogen) atoms. The summed E-state index contributed by atoms with van der Waals surface area (Å²) in [6.07, 6.45) is -2.61. The van der Waals surface area contributed by atoms with Gasteiger partial charge in [-0.15, -0.1) is 0 Å². The van der Waals surface area contributed by atoms with Crippen LogP contribution >= 0.6 is 11.6 Å². The van der Waals surface area contributed by atoms with Gasteiger partial charge in [-0.05, 0) is 38.8 Å². The molecule has 4 nitrogen and oxygen atoms in total. The van der Waals surface area contributed by atoms with Crippen molar-refractivity contribution in [2.45, 2.75) is 25.9 Å². The third-order valence-corrected chi connectivity index (χ3v) is 3.68. The third-order valence-electron chi connectivity index (χ3n) is 3.49. The van der Waals surface area contributed by atoms with Crippen LogP contribution in [0.4, 0.5) is 19.0 Å². The van der Waals surface area contributed by atoms with Gasteiger partial charge in [-0.25, -0.2) is 9.97 Å².